The average Bonchev–Trinajstić information content (AvgIpc) is 3.36. The molecular formula is C58H84N8O8. The van der Waals surface area contributed by atoms with Crippen LogP contribution >= 0.6 is 0 Å². The third kappa shape index (κ3) is 12.6. The maximum atomic E-state index is 14.6. The zero-order valence-electron chi connectivity index (χ0n) is 45.1. The smallest absolute Gasteiger partial charge is 0.246 e. The van der Waals surface area contributed by atoms with E-state index in [0.29, 0.717) is 44.3 Å². The van der Waals surface area contributed by atoms with Crippen molar-refractivity contribution in [3.05, 3.63) is 69.9 Å². The summed E-state index contributed by atoms with van der Waals surface area (Å²) in [6.45, 7) is 11.9. The van der Waals surface area contributed by atoms with Crippen LogP contribution in [0.4, 0.5) is 5.69 Å². The number of hydrogen-bond donors (Lipinski definition) is 7. The van der Waals surface area contributed by atoms with Gasteiger partial charge in [-0.15, -0.1) is 0 Å². The second kappa shape index (κ2) is 24.5. The summed E-state index contributed by atoms with van der Waals surface area (Å²) >= 11 is 0. The highest BCUT2D eigenvalue weighted by atomic mass is 16.5. The van der Waals surface area contributed by atoms with Crippen molar-refractivity contribution in [1.82, 2.24) is 21.3 Å². The van der Waals surface area contributed by atoms with Crippen LogP contribution in [-0.4, -0.2) is 85.5 Å². The summed E-state index contributed by atoms with van der Waals surface area (Å²) in [5, 5.41) is 32.9. The van der Waals surface area contributed by atoms with Crippen LogP contribution in [0.5, 0.6) is 5.75 Å². The highest BCUT2D eigenvalue weighted by molar-refractivity contribution is 6.01. The van der Waals surface area contributed by atoms with Crippen molar-refractivity contribution in [2.24, 2.45) is 44.5 Å². The summed E-state index contributed by atoms with van der Waals surface area (Å²) in [5.41, 5.74) is 11.5. The van der Waals surface area contributed by atoms with Gasteiger partial charge in [-0.3, -0.25) is 34.1 Å². The molecule has 9 atom stereocenters. The van der Waals surface area contributed by atoms with E-state index in [4.69, 9.17) is 10.5 Å². The second-order valence-corrected chi connectivity index (χ2v) is 23.2. The van der Waals surface area contributed by atoms with Crippen molar-refractivity contribution in [3.63, 3.8) is 0 Å². The lowest BCUT2D eigenvalue weighted by molar-refractivity contribution is -0.149. The Labute approximate surface area is 438 Å². The van der Waals surface area contributed by atoms with Gasteiger partial charge in [-0.1, -0.05) is 72.4 Å². The molecule has 2 saturated carbocycles. The number of carbonyl (C=O) groups is 6. The molecule has 5 aliphatic carbocycles. The number of allylic oxidation sites excluding steroid dienone is 1. The Morgan fingerprint density at radius 1 is 0.797 bits per heavy atom. The minimum Gasteiger partial charge on any atom is -0.508 e. The SMILES string of the molecule is CN=N/C1=C(\C)CCCCCC1OCC(=O)NCCCCC(N)C(=O)NC(C(=O)NCC(=O)Nc1ccc2c(c1)C1(C)CCC[C@](C)(C(=O)NC(=O)C3(C)CCCC4c5cc(O)ccc5CCC43)C1CC2)C(C)C. The molecule has 2 fully saturated rings. The minimum absolute atomic E-state index is 0.0445. The Kier molecular flexibility index (Phi) is 18.6. The Balaban J connectivity index is 0.871. The van der Waals surface area contributed by atoms with E-state index in [1.807, 2.05) is 51.1 Å². The lowest BCUT2D eigenvalue weighted by atomic mass is 9.49. The van der Waals surface area contributed by atoms with Crippen LogP contribution in [0.25, 0.3) is 0 Å². The monoisotopic (exact) mass is 1020 g/mol. The van der Waals surface area contributed by atoms with E-state index in [1.165, 1.54) is 11.1 Å². The molecule has 5 aliphatic rings. The standard InChI is InChI=1S/C58H84N8O8/c1-35(2)50(64-52(70)45(59)17-11-12-30-61-49(69)34-74-46-18-10-8-9-15-36(3)51(46)66-60-7)53(71)62-33-48(68)63-39-23-19-38-22-26-47-56(4,44(38)31-39)28-14-29-58(47,6)55(73)65-54(72)57(5)27-13-16-41-42-32-40(67)24-20-37(42)21-25-43(41)57/h19-20,23-24,31-32,35,41,43,45-47,50,67H,8-18,21-22,25-30,33-34,59H2,1-7H3,(H,61,69)(H,62,71)(H,63,68)(H,64,70)(H,65,72,73)/b51-36+,66-60?/t41?,43?,45?,46?,47?,50?,56?,57?,58-/m0/s1. The minimum atomic E-state index is -0.923. The third-order valence-corrected chi connectivity index (χ3v) is 17.8. The molecule has 2 aromatic carbocycles. The maximum absolute atomic E-state index is 14.6. The summed E-state index contributed by atoms with van der Waals surface area (Å²) in [6, 6.07) is 9.74. The van der Waals surface area contributed by atoms with E-state index in [0.717, 1.165) is 106 Å². The van der Waals surface area contributed by atoms with Gasteiger partial charge in [0.05, 0.1) is 29.1 Å². The molecule has 8 unspecified atom stereocenters. The highest BCUT2D eigenvalue weighted by Gasteiger charge is 2.57. The number of imide groups is 1. The number of fused-ring (bicyclic) bond motifs is 6. The number of unbranched alkanes of at least 4 members (excludes halogenated alkanes) is 1. The maximum Gasteiger partial charge on any atom is 0.246 e. The van der Waals surface area contributed by atoms with E-state index in [1.54, 1.807) is 27.0 Å². The summed E-state index contributed by atoms with van der Waals surface area (Å²) in [4.78, 5) is 81.7. The van der Waals surface area contributed by atoms with Crippen molar-refractivity contribution in [1.29, 1.82) is 0 Å². The van der Waals surface area contributed by atoms with Gasteiger partial charge in [0.15, 0.2) is 0 Å². The van der Waals surface area contributed by atoms with Gasteiger partial charge >= 0.3 is 0 Å². The van der Waals surface area contributed by atoms with Gasteiger partial charge < -0.3 is 36.8 Å². The van der Waals surface area contributed by atoms with Crippen molar-refractivity contribution in [2.45, 2.75) is 187 Å². The number of benzene rings is 2. The van der Waals surface area contributed by atoms with Crippen LogP contribution < -0.4 is 32.3 Å². The highest BCUT2D eigenvalue weighted by Crippen LogP contribution is 2.58. The van der Waals surface area contributed by atoms with Crippen LogP contribution in [0.2, 0.25) is 0 Å². The number of phenols is 1. The zero-order valence-corrected chi connectivity index (χ0v) is 45.1. The molecule has 16 heteroatoms. The van der Waals surface area contributed by atoms with E-state index in [9.17, 15) is 33.9 Å². The number of aromatic hydroxyl groups is 1. The number of rotatable bonds is 18. The largest absolute Gasteiger partial charge is 0.508 e. The molecule has 0 aliphatic heterocycles. The molecule has 0 aromatic heterocycles. The van der Waals surface area contributed by atoms with Crippen LogP contribution in [-0.2, 0) is 51.8 Å². The summed E-state index contributed by atoms with van der Waals surface area (Å²) in [6.07, 6.45) is 14.3. The molecule has 0 heterocycles. The van der Waals surface area contributed by atoms with Crippen LogP contribution in [0.1, 0.15) is 172 Å². The van der Waals surface area contributed by atoms with Gasteiger partial charge in [0.1, 0.15) is 24.5 Å². The number of phenolic OH excluding ortho intramolecular Hbond substituents is 1. The fraction of sp³-hybridized carbons (Fsp3) is 0.655. The normalized spacial score (nSPS) is 28.4. The molecule has 0 spiro atoms. The van der Waals surface area contributed by atoms with Gasteiger partial charge in [0.2, 0.25) is 35.4 Å². The van der Waals surface area contributed by atoms with Crippen LogP contribution in [0.3, 0.4) is 0 Å². The molecule has 74 heavy (non-hydrogen) atoms. The number of nitrogens with two attached hydrogens (primary N) is 1. The average molecular weight is 1020 g/mol. The van der Waals surface area contributed by atoms with Gasteiger partial charge in [-0.25, -0.2) is 0 Å². The van der Waals surface area contributed by atoms with Crippen molar-refractivity contribution in [3.8, 4) is 5.75 Å². The van der Waals surface area contributed by atoms with Crippen LogP contribution in [0.15, 0.2) is 57.9 Å². The fourth-order valence-corrected chi connectivity index (χ4v) is 13.6. The van der Waals surface area contributed by atoms with Crippen molar-refractivity contribution >= 4 is 41.1 Å². The Morgan fingerprint density at radius 2 is 1.54 bits per heavy atom. The molecule has 6 amide bonds. The Hall–Kier alpha value is -5.48. The number of anilines is 1. The number of amides is 6. The van der Waals surface area contributed by atoms with E-state index in [-0.39, 0.29) is 66.4 Å². The first-order chi connectivity index (χ1) is 35.3. The summed E-state index contributed by atoms with van der Waals surface area (Å²) in [7, 11) is 1.63. The Bertz CT molecular complexity index is 2470. The predicted octanol–water partition coefficient (Wildman–Crippen LogP) is 8.10. The first kappa shape index (κ1) is 56.3. The first-order valence-corrected chi connectivity index (χ1v) is 27.6. The zero-order chi connectivity index (χ0) is 53.4. The predicted molar refractivity (Wildman–Crippen MR) is 285 cm³/mol. The molecule has 0 bridgehead atoms. The number of azo groups is 1. The number of hydrogen-bond acceptors (Lipinski definition) is 11. The number of nitrogens with zero attached hydrogens (tertiary/aromatic N) is 2. The quantitative estimate of drug-likeness (QED) is 0.0433. The molecule has 16 nitrogen and oxygen atoms in total. The molecule has 7 rings (SSSR count). The van der Waals surface area contributed by atoms with Gasteiger partial charge in [0, 0.05) is 19.3 Å². The van der Waals surface area contributed by atoms with Crippen LogP contribution in [0, 0.1) is 28.6 Å². The topological polar surface area (TPSA) is 243 Å². The van der Waals surface area contributed by atoms with Gasteiger partial charge in [0.25, 0.3) is 0 Å². The lowest BCUT2D eigenvalue weighted by Gasteiger charge is -2.55. The van der Waals surface area contributed by atoms with Gasteiger partial charge in [-0.2, -0.15) is 10.2 Å². The molecule has 2 aromatic rings. The van der Waals surface area contributed by atoms with E-state index in [2.05, 4.69) is 43.7 Å². The summed E-state index contributed by atoms with van der Waals surface area (Å²) < 4.78 is 5.99. The fourth-order valence-electron chi connectivity index (χ4n) is 13.6. The second-order valence-electron chi connectivity index (χ2n) is 23.2. The molecule has 8 N–H and O–H groups in total. The summed E-state index contributed by atoms with van der Waals surface area (Å²) in [5.74, 6) is -1.89. The number of nitrogens with one attached hydrogen (secondary N) is 5. The van der Waals surface area contributed by atoms with Crippen molar-refractivity contribution < 1.29 is 38.6 Å². The van der Waals surface area contributed by atoms with Crippen molar-refractivity contribution in [2.75, 3.05) is 32.1 Å². The molecular weight excluding hydrogens is 937 g/mol. The number of aryl methyl sites for hydroxylation is 2. The molecule has 0 radical (unpaired) electrons. The molecule has 0 saturated heterocycles. The van der Waals surface area contributed by atoms with E-state index >= 15 is 0 Å². The van der Waals surface area contributed by atoms with E-state index < -0.39 is 46.1 Å². The Morgan fingerprint density at radius 3 is 2.31 bits per heavy atom. The third-order valence-electron chi connectivity index (χ3n) is 17.8. The van der Waals surface area contributed by atoms with Gasteiger partial charge in [-0.05, 0) is 178 Å². The number of carbonyl (C=O) groups excluding carboxylic acids is 6. The lowest BCUT2D eigenvalue weighted by Crippen LogP contribution is -2.58. The first-order valence-electron chi connectivity index (χ1n) is 27.6. The molecule has 404 valence electrons. The number of ether oxygens (including phenoxy) is 1.